The maximum Gasteiger partial charge on any atom is -0.0348 e. The van der Waals surface area contributed by atoms with E-state index in [-0.39, 0.29) is 0 Å². The molecule has 0 rings (SSSR count). The molecule has 0 aromatic carbocycles. The molecule has 0 spiro atoms. The molecule has 0 atom stereocenters. The quantitative estimate of drug-likeness (QED) is 0.225. The fraction of sp³-hybridized carbons (Fsp3) is 0.280. The molecule has 0 aromatic heterocycles. The maximum atomic E-state index is 5.22. The van der Waals surface area contributed by atoms with Gasteiger partial charge in [-0.15, -0.1) is 0 Å². The second-order valence-electron chi connectivity index (χ2n) is 5.52. The third-order valence-electron chi connectivity index (χ3n) is 3.28. The topological polar surface area (TPSA) is 0 Å². The fourth-order valence-corrected chi connectivity index (χ4v) is 1.94. The van der Waals surface area contributed by atoms with Gasteiger partial charge in [0.15, 0.2) is 0 Å². The minimum atomic E-state index is 1.19. The Morgan fingerprint density at radius 1 is 0.480 bits per heavy atom. The lowest BCUT2D eigenvalue weighted by molar-refractivity contribution is 0.637. The van der Waals surface area contributed by atoms with Crippen LogP contribution in [0.5, 0.6) is 0 Å². The SMILES string of the molecule is [CH]=CC=CC=CC=CC=CC=CC=CC=CC=CCCCCCCC. The molecule has 0 aliphatic heterocycles. The summed E-state index contributed by atoms with van der Waals surface area (Å²) in [5.41, 5.74) is 0. The highest BCUT2D eigenvalue weighted by Gasteiger charge is 1.85. The minimum Gasteiger partial charge on any atom is -0.0845 e. The second kappa shape index (κ2) is 21.7. The summed E-state index contributed by atoms with van der Waals surface area (Å²) in [6.45, 7) is 7.47. The van der Waals surface area contributed by atoms with Crippen molar-refractivity contribution >= 4 is 0 Å². The molecule has 0 unspecified atom stereocenters. The lowest BCUT2D eigenvalue weighted by Crippen LogP contribution is -1.75. The number of hydrogen-bond donors (Lipinski definition) is 0. The molecular formula is C25H33. The van der Waals surface area contributed by atoms with Gasteiger partial charge in [-0.2, -0.15) is 0 Å². The van der Waals surface area contributed by atoms with Gasteiger partial charge in [0, 0.05) is 0 Å². The van der Waals surface area contributed by atoms with Crippen LogP contribution in [-0.4, -0.2) is 0 Å². The van der Waals surface area contributed by atoms with Crippen molar-refractivity contribution in [1.82, 2.24) is 0 Å². The molecule has 133 valence electrons. The van der Waals surface area contributed by atoms with Gasteiger partial charge in [0.1, 0.15) is 0 Å². The first-order valence-corrected chi connectivity index (χ1v) is 9.28. The Morgan fingerprint density at radius 3 is 1.32 bits per heavy atom. The van der Waals surface area contributed by atoms with E-state index in [0.29, 0.717) is 0 Å². The number of hydrogen-bond acceptors (Lipinski definition) is 0. The van der Waals surface area contributed by atoms with Gasteiger partial charge >= 0.3 is 0 Å². The predicted molar refractivity (Wildman–Crippen MR) is 115 cm³/mol. The highest BCUT2D eigenvalue weighted by Crippen LogP contribution is 2.05. The van der Waals surface area contributed by atoms with E-state index in [4.69, 9.17) is 6.58 Å². The molecule has 0 heterocycles. The van der Waals surface area contributed by atoms with Crippen LogP contribution in [-0.2, 0) is 0 Å². The Kier molecular flexibility index (Phi) is 19.6. The zero-order valence-corrected chi connectivity index (χ0v) is 15.6. The van der Waals surface area contributed by atoms with E-state index in [2.05, 4.69) is 31.2 Å². The molecule has 0 heteroatoms. The molecule has 0 nitrogen and oxygen atoms in total. The van der Waals surface area contributed by atoms with Crippen LogP contribution in [0.4, 0.5) is 0 Å². The first-order chi connectivity index (χ1) is 12.4. The Balaban J connectivity index is 3.71. The van der Waals surface area contributed by atoms with E-state index in [0.717, 1.165) is 0 Å². The van der Waals surface area contributed by atoms with Crippen LogP contribution in [0.2, 0.25) is 0 Å². The average molecular weight is 334 g/mol. The predicted octanol–water partition coefficient (Wildman–Crippen LogP) is 7.79. The van der Waals surface area contributed by atoms with Crippen molar-refractivity contribution in [3.05, 3.63) is 110 Å². The summed E-state index contributed by atoms with van der Waals surface area (Å²) >= 11 is 0. The first-order valence-electron chi connectivity index (χ1n) is 9.28. The zero-order chi connectivity index (χ0) is 18.3. The molecule has 0 fully saturated rings. The van der Waals surface area contributed by atoms with Gasteiger partial charge < -0.3 is 0 Å². The molecule has 0 aliphatic rings. The second-order valence-corrected chi connectivity index (χ2v) is 5.52. The summed E-state index contributed by atoms with van der Waals surface area (Å²) < 4.78 is 0. The van der Waals surface area contributed by atoms with E-state index < -0.39 is 0 Å². The van der Waals surface area contributed by atoms with E-state index in [1.807, 2.05) is 66.8 Å². The van der Waals surface area contributed by atoms with E-state index >= 15 is 0 Å². The standard InChI is InChI=1S/C25H33/c1-3-5-7-9-11-13-15-17-19-21-23-25-24-22-20-18-16-14-12-10-8-6-4-2/h1,3,5,7,9,11,13,15-25H,4,6,8,10,12,14H2,2H3. The molecule has 0 N–H and O–H groups in total. The van der Waals surface area contributed by atoms with Crippen LogP contribution < -0.4 is 0 Å². The van der Waals surface area contributed by atoms with Gasteiger partial charge in [0.25, 0.3) is 0 Å². The van der Waals surface area contributed by atoms with Crippen molar-refractivity contribution in [3.8, 4) is 0 Å². The van der Waals surface area contributed by atoms with Crippen LogP contribution >= 0.6 is 0 Å². The van der Waals surface area contributed by atoms with Gasteiger partial charge in [-0.05, 0) is 12.8 Å². The third-order valence-corrected chi connectivity index (χ3v) is 3.28. The van der Waals surface area contributed by atoms with Crippen molar-refractivity contribution in [2.45, 2.75) is 45.4 Å². The lowest BCUT2D eigenvalue weighted by atomic mass is 10.1. The van der Waals surface area contributed by atoms with Crippen molar-refractivity contribution in [1.29, 1.82) is 0 Å². The average Bonchev–Trinajstić information content (AvgIpc) is 2.63. The van der Waals surface area contributed by atoms with Gasteiger partial charge in [-0.1, -0.05) is 142 Å². The Bertz CT molecular complexity index is 516. The van der Waals surface area contributed by atoms with E-state index in [1.165, 1.54) is 44.6 Å². The first kappa shape index (κ1) is 22.7. The van der Waals surface area contributed by atoms with Gasteiger partial charge in [-0.3, -0.25) is 0 Å². The summed E-state index contributed by atoms with van der Waals surface area (Å²) in [6.07, 6.45) is 41.5. The van der Waals surface area contributed by atoms with Crippen LogP contribution in [0.15, 0.2) is 103 Å². The summed E-state index contributed by atoms with van der Waals surface area (Å²) in [5.74, 6) is 0. The van der Waals surface area contributed by atoms with Crippen LogP contribution in [0, 0.1) is 6.58 Å². The summed E-state index contributed by atoms with van der Waals surface area (Å²) in [4.78, 5) is 0. The summed E-state index contributed by atoms with van der Waals surface area (Å²) in [7, 11) is 0. The van der Waals surface area contributed by atoms with Gasteiger partial charge in [0.2, 0.25) is 0 Å². The van der Waals surface area contributed by atoms with Gasteiger partial charge in [0.05, 0.1) is 0 Å². The molecule has 1 radical (unpaired) electrons. The van der Waals surface area contributed by atoms with E-state index in [9.17, 15) is 0 Å². The molecule has 0 saturated carbocycles. The van der Waals surface area contributed by atoms with Crippen LogP contribution in [0.25, 0.3) is 0 Å². The Hall–Kier alpha value is -2.34. The molecule has 0 aliphatic carbocycles. The lowest BCUT2D eigenvalue weighted by Gasteiger charge is -1.95. The number of allylic oxidation sites excluding steroid dienone is 17. The van der Waals surface area contributed by atoms with Crippen molar-refractivity contribution in [2.24, 2.45) is 0 Å². The highest BCUT2D eigenvalue weighted by molar-refractivity contribution is 5.21. The van der Waals surface area contributed by atoms with E-state index in [1.54, 1.807) is 6.08 Å². The molecule has 0 aromatic rings. The molecule has 25 heavy (non-hydrogen) atoms. The van der Waals surface area contributed by atoms with Crippen LogP contribution in [0.3, 0.4) is 0 Å². The smallest absolute Gasteiger partial charge is 0.0348 e. The summed E-state index contributed by atoms with van der Waals surface area (Å²) in [5, 5.41) is 0. The Morgan fingerprint density at radius 2 is 0.880 bits per heavy atom. The normalized spacial score (nSPS) is 13.6. The fourth-order valence-electron chi connectivity index (χ4n) is 1.94. The minimum absolute atomic E-state index is 1.19. The third kappa shape index (κ3) is 21.7. The molecular weight excluding hydrogens is 300 g/mol. The highest BCUT2D eigenvalue weighted by atomic mass is 13.9. The van der Waals surface area contributed by atoms with Crippen molar-refractivity contribution in [3.63, 3.8) is 0 Å². The van der Waals surface area contributed by atoms with Crippen molar-refractivity contribution in [2.75, 3.05) is 0 Å². The summed E-state index contributed by atoms with van der Waals surface area (Å²) in [6, 6.07) is 0. The molecule has 0 saturated heterocycles. The van der Waals surface area contributed by atoms with Crippen LogP contribution in [0.1, 0.15) is 45.4 Å². The number of unbranched alkanes of at least 4 members (excludes halogenated alkanes) is 5. The zero-order valence-electron chi connectivity index (χ0n) is 15.6. The maximum absolute atomic E-state index is 5.22. The molecule has 0 amide bonds. The van der Waals surface area contributed by atoms with Crippen molar-refractivity contribution < 1.29 is 0 Å². The number of rotatable bonds is 14. The Labute approximate surface area is 155 Å². The monoisotopic (exact) mass is 333 g/mol. The largest absolute Gasteiger partial charge is 0.0845 e. The van der Waals surface area contributed by atoms with Gasteiger partial charge in [-0.25, -0.2) is 0 Å². The molecule has 0 bridgehead atoms.